The Morgan fingerprint density at radius 3 is 2.25 bits per heavy atom. The van der Waals surface area contributed by atoms with Crippen molar-refractivity contribution in [2.24, 2.45) is 0 Å². The van der Waals surface area contributed by atoms with E-state index >= 15 is 0 Å². The molecule has 1 aromatic rings. The molecule has 0 aliphatic heterocycles. The van der Waals surface area contributed by atoms with Crippen molar-refractivity contribution in [2.45, 2.75) is 19.8 Å². The van der Waals surface area contributed by atoms with E-state index in [1.165, 1.54) is 0 Å². The zero-order valence-corrected chi connectivity index (χ0v) is 8.78. The number of halogens is 2. The molecule has 70 valence electrons. The highest BCUT2D eigenvalue weighted by Gasteiger charge is 2.02. The van der Waals surface area contributed by atoms with Gasteiger partial charge in [0, 0.05) is 6.20 Å². The van der Waals surface area contributed by atoms with E-state index < -0.39 is 0 Å². The highest BCUT2D eigenvalue weighted by atomic mass is 35.5. The molecule has 0 spiro atoms. The van der Waals surface area contributed by atoms with Crippen LogP contribution in [0.1, 0.15) is 25.5 Å². The van der Waals surface area contributed by atoms with Crippen LogP contribution >= 0.6 is 24.8 Å². The first-order chi connectivity index (χ1) is 4.72. The molecule has 0 aromatic carbocycles. The van der Waals surface area contributed by atoms with Gasteiger partial charge in [0.2, 0.25) is 0 Å². The van der Waals surface area contributed by atoms with Gasteiger partial charge >= 0.3 is 0 Å². The normalized spacial score (nSPS) is 8.58. The molecule has 0 aliphatic carbocycles. The molecule has 1 rings (SSSR count). The summed E-state index contributed by atoms with van der Waals surface area (Å²) in [6, 6.07) is 3.73. The molecule has 0 radical (unpaired) electrons. The van der Waals surface area contributed by atoms with E-state index in [0.717, 1.165) is 11.4 Å². The van der Waals surface area contributed by atoms with Gasteiger partial charge < -0.3 is 5.73 Å². The number of hydrogen-bond donors (Lipinski definition) is 1. The maximum atomic E-state index is 5.66. The summed E-state index contributed by atoms with van der Waals surface area (Å²) in [5.41, 5.74) is 7.44. The highest BCUT2D eigenvalue weighted by Crippen LogP contribution is 2.16. The van der Waals surface area contributed by atoms with Crippen molar-refractivity contribution >= 4 is 30.5 Å². The van der Waals surface area contributed by atoms with Crippen molar-refractivity contribution in [2.75, 3.05) is 5.73 Å². The molecule has 2 nitrogen and oxygen atoms in total. The van der Waals surface area contributed by atoms with E-state index in [1.807, 2.05) is 12.1 Å². The van der Waals surface area contributed by atoms with Crippen molar-refractivity contribution in [1.82, 2.24) is 4.98 Å². The molecule has 0 bridgehead atoms. The molecule has 2 N–H and O–H groups in total. The van der Waals surface area contributed by atoms with Gasteiger partial charge in [-0.25, -0.2) is 0 Å². The van der Waals surface area contributed by atoms with E-state index in [-0.39, 0.29) is 24.8 Å². The van der Waals surface area contributed by atoms with Gasteiger partial charge in [-0.15, -0.1) is 24.8 Å². The molecule has 0 saturated heterocycles. The molecule has 1 aromatic heterocycles. The molecule has 0 atom stereocenters. The third-order valence-corrected chi connectivity index (χ3v) is 1.42. The van der Waals surface area contributed by atoms with E-state index in [1.54, 1.807) is 6.20 Å². The smallest absolute Gasteiger partial charge is 0.0657 e. The summed E-state index contributed by atoms with van der Waals surface area (Å²) in [7, 11) is 0. The molecule has 0 saturated carbocycles. The number of nitrogen functional groups attached to an aromatic ring is 1. The highest BCUT2D eigenvalue weighted by molar-refractivity contribution is 5.85. The summed E-state index contributed by atoms with van der Waals surface area (Å²) in [6.07, 6.45) is 1.77. The minimum absolute atomic E-state index is 0. The zero-order valence-electron chi connectivity index (χ0n) is 7.15. The quantitative estimate of drug-likeness (QED) is 0.772. The maximum absolute atomic E-state index is 5.66. The lowest BCUT2D eigenvalue weighted by atomic mass is 10.1. The summed E-state index contributed by atoms with van der Waals surface area (Å²) in [5.74, 6) is 0.418. The van der Waals surface area contributed by atoms with Gasteiger partial charge in [-0.05, 0) is 18.1 Å². The van der Waals surface area contributed by atoms with Gasteiger partial charge in [0.25, 0.3) is 0 Å². The monoisotopic (exact) mass is 208 g/mol. The Hall–Kier alpha value is -0.470. The average Bonchev–Trinajstić information content (AvgIpc) is 1.88. The van der Waals surface area contributed by atoms with Crippen LogP contribution in [0.2, 0.25) is 0 Å². The van der Waals surface area contributed by atoms with Crippen LogP contribution < -0.4 is 5.73 Å². The van der Waals surface area contributed by atoms with Gasteiger partial charge in [0.15, 0.2) is 0 Å². The lowest BCUT2D eigenvalue weighted by Gasteiger charge is -2.05. The lowest BCUT2D eigenvalue weighted by Crippen LogP contribution is -1.98. The van der Waals surface area contributed by atoms with E-state index in [2.05, 4.69) is 18.8 Å². The fourth-order valence-corrected chi connectivity index (χ4v) is 0.912. The zero-order chi connectivity index (χ0) is 7.56. The van der Waals surface area contributed by atoms with Crippen molar-refractivity contribution in [3.8, 4) is 0 Å². The Morgan fingerprint density at radius 1 is 1.33 bits per heavy atom. The van der Waals surface area contributed by atoms with Crippen LogP contribution in [0.25, 0.3) is 0 Å². The van der Waals surface area contributed by atoms with Crippen molar-refractivity contribution in [1.29, 1.82) is 0 Å². The van der Waals surface area contributed by atoms with Crippen LogP contribution in [0, 0.1) is 0 Å². The number of nitrogens with two attached hydrogens (primary N) is 1. The molecule has 0 fully saturated rings. The van der Waals surface area contributed by atoms with Crippen molar-refractivity contribution < 1.29 is 0 Å². The minimum Gasteiger partial charge on any atom is -0.397 e. The van der Waals surface area contributed by atoms with Gasteiger partial charge in [0.05, 0.1) is 11.4 Å². The fraction of sp³-hybridized carbons (Fsp3) is 0.375. The predicted molar refractivity (Wildman–Crippen MR) is 57.2 cm³/mol. The van der Waals surface area contributed by atoms with Crippen LogP contribution in [0.4, 0.5) is 5.69 Å². The number of pyridine rings is 1. The third kappa shape index (κ3) is 3.28. The molecule has 0 unspecified atom stereocenters. The molecule has 12 heavy (non-hydrogen) atoms. The summed E-state index contributed by atoms with van der Waals surface area (Å²) in [4.78, 5) is 4.15. The summed E-state index contributed by atoms with van der Waals surface area (Å²) in [5, 5.41) is 0. The van der Waals surface area contributed by atoms with E-state index in [9.17, 15) is 0 Å². The van der Waals surface area contributed by atoms with Gasteiger partial charge in [-0.3, -0.25) is 4.98 Å². The fourth-order valence-electron chi connectivity index (χ4n) is 0.912. The number of nitrogens with zero attached hydrogens (tertiary/aromatic N) is 1. The summed E-state index contributed by atoms with van der Waals surface area (Å²) < 4.78 is 0. The minimum atomic E-state index is 0. The number of hydrogen-bond acceptors (Lipinski definition) is 2. The molecule has 0 aliphatic rings. The predicted octanol–water partition coefficient (Wildman–Crippen LogP) is 2.63. The maximum Gasteiger partial charge on any atom is 0.0657 e. The Labute approximate surface area is 85.4 Å². The van der Waals surface area contributed by atoms with Crippen LogP contribution in [-0.2, 0) is 0 Å². The van der Waals surface area contributed by atoms with Gasteiger partial charge in [-0.2, -0.15) is 0 Å². The van der Waals surface area contributed by atoms with Crippen LogP contribution in [0.3, 0.4) is 0 Å². The molecule has 1 heterocycles. The van der Waals surface area contributed by atoms with Crippen LogP contribution in [0.5, 0.6) is 0 Å². The molecular weight excluding hydrogens is 195 g/mol. The van der Waals surface area contributed by atoms with Gasteiger partial charge in [0.1, 0.15) is 0 Å². The Balaban J connectivity index is 0. The van der Waals surface area contributed by atoms with E-state index in [0.29, 0.717) is 5.92 Å². The first-order valence-electron chi connectivity index (χ1n) is 3.42. The first-order valence-corrected chi connectivity index (χ1v) is 3.42. The van der Waals surface area contributed by atoms with Crippen molar-refractivity contribution in [3.63, 3.8) is 0 Å². The summed E-state index contributed by atoms with van der Waals surface area (Å²) >= 11 is 0. The second kappa shape index (κ2) is 6.09. The van der Waals surface area contributed by atoms with E-state index in [4.69, 9.17) is 5.73 Å². The Morgan fingerprint density at radius 2 is 1.92 bits per heavy atom. The first kappa shape index (κ1) is 14.1. The second-order valence-electron chi connectivity index (χ2n) is 2.63. The Kier molecular flexibility index (Phi) is 7.15. The van der Waals surface area contributed by atoms with Gasteiger partial charge in [-0.1, -0.05) is 13.8 Å². The van der Waals surface area contributed by atoms with Crippen LogP contribution in [-0.4, -0.2) is 4.98 Å². The largest absolute Gasteiger partial charge is 0.397 e. The molecule has 0 amide bonds. The number of rotatable bonds is 1. The third-order valence-electron chi connectivity index (χ3n) is 1.42. The summed E-state index contributed by atoms with van der Waals surface area (Å²) in [6.45, 7) is 4.16. The standard InChI is InChI=1S/C8H12N2.2ClH/c1-6(2)8-7(9)4-3-5-10-8;;/h3-6H,9H2,1-2H3;2*1H. The SMILES string of the molecule is CC(C)c1ncccc1N.Cl.Cl. The molecule has 4 heteroatoms. The second-order valence-corrected chi connectivity index (χ2v) is 2.63. The van der Waals surface area contributed by atoms with Crippen LogP contribution in [0.15, 0.2) is 18.3 Å². The number of aromatic nitrogens is 1. The lowest BCUT2D eigenvalue weighted by molar-refractivity contribution is 0.827. The molecular formula is C8H14Cl2N2. The Bertz CT molecular complexity index is 226. The average molecular weight is 209 g/mol. The van der Waals surface area contributed by atoms with Crippen molar-refractivity contribution in [3.05, 3.63) is 24.0 Å². The topological polar surface area (TPSA) is 38.9 Å². The number of anilines is 1.